The number of halogens is 2. The highest BCUT2D eigenvalue weighted by atomic mass is 35.5. The Hall–Kier alpha value is -2.77. The first-order chi connectivity index (χ1) is 12.5. The number of hydrogen-bond acceptors (Lipinski definition) is 6. The van der Waals surface area contributed by atoms with Crippen LogP contribution in [0.5, 0.6) is 11.6 Å². The minimum Gasteiger partial charge on any atom is -0.506 e. The molecule has 6 nitrogen and oxygen atoms in total. The second kappa shape index (κ2) is 7.63. The molecule has 0 fully saturated rings. The number of carbonyl (C=O) groups is 1. The number of phenols is 1. The van der Waals surface area contributed by atoms with Crippen molar-refractivity contribution in [2.24, 2.45) is 0 Å². The second-order valence-corrected chi connectivity index (χ2v) is 5.72. The number of phenolic OH excluding ortho intramolecular Hbond substituents is 1. The normalized spacial score (nSPS) is 10.9. The molecule has 26 heavy (non-hydrogen) atoms. The highest BCUT2D eigenvalue weighted by Gasteiger charge is 2.21. The molecular formula is C18H14ClFN2O4. The van der Waals surface area contributed by atoms with Crippen LogP contribution in [0.4, 0.5) is 4.39 Å². The molecule has 0 atom stereocenters. The maximum absolute atomic E-state index is 14.0. The van der Waals surface area contributed by atoms with Crippen LogP contribution in [-0.2, 0) is 4.74 Å². The Bertz CT molecular complexity index is 981. The number of aromatic nitrogens is 2. The number of benzene rings is 2. The molecule has 134 valence electrons. The molecule has 1 heterocycles. The first-order valence-corrected chi connectivity index (χ1v) is 7.99. The van der Waals surface area contributed by atoms with E-state index in [0.717, 1.165) is 12.1 Å². The monoisotopic (exact) mass is 376 g/mol. The predicted molar refractivity (Wildman–Crippen MR) is 93.4 cm³/mol. The van der Waals surface area contributed by atoms with E-state index in [2.05, 4.69) is 9.97 Å². The summed E-state index contributed by atoms with van der Waals surface area (Å²) in [7, 11) is 1.55. The number of ether oxygens (including phenoxy) is 2. The lowest BCUT2D eigenvalue weighted by molar-refractivity contribution is 0.103. The first-order valence-electron chi connectivity index (χ1n) is 7.61. The van der Waals surface area contributed by atoms with E-state index in [9.17, 15) is 14.3 Å². The molecule has 1 N–H and O–H groups in total. The van der Waals surface area contributed by atoms with Gasteiger partial charge in [-0.15, -0.1) is 0 Å². The number of methoxy groups -OCH3 is 1. The van der Waals surface area contributed by atoms with Crippen molar-refractivity contribution in [3.8, 4) is 11.6 Å². The molecule has 2 aromatic carbocycles. The topological polar surface area (TPSA) is 81.5 Å². The number of nitrogens with zero attached hydrogens (tertiary/aromatic N) is 2. The summed E-state index contributed by atoms with van der Waals surface area (Å²) in [5, 5.41) is 9.30. The molecule has 0 spiro atoms. The van der Waals surface area contributed by atoms with Crippen molar-refractivity contribution in [1.29, 1.82) is 0 Å². The fraction of sp³-hybridized carbons (Fsp3) is 0.167. The van der Waals surface area contributed by atoms with Gasteiger partial charge in [-0.1, -0.05) is 11.6 Å². The number of rotatable bonds is 6. The average Bonchev–Trinajstić information content (AvgIpc) is 2.64. The zero-order valence-corrected chi connectivity index (χ0v) is 14.5. The number of ketones is 1. The van der Waals surface area contributed by atoms with Crippen LogP contribution in [0.3, 0.4) is 0 Å². The average molecular weight is 377 g/mol. The SMILES string of the molecule is COCCOc1cnc2ccc(C(=O)c3c(F)ccc(O)c3Cl)cc2n1. The number of hydrogen-bond donors (Lipinski definition) is 1. The van der Waals surface area contributed by atoms with Crippen molar-refractivity contribution in [1.82, 2.24) is 9.97 Å². The van der Waals surface area contributed by atoms with Gasteiger partial charge < -0.3 is 14.6 Å². The molecule has 0 saturated heterocycles. The fourth-order valence-corrected chi connectivity index (χ4v) is 2.57. The van der Waals surface area contributed by atoms with E-state index in [1.807, 2.05) is 0 Å². The lowest BCUT2D eigenvalue weighted by Crippen LogP contribution is -2.07. The summed E-state index contributed by atoms with van der Waals surface area (Å²) < 4.78 is 24.3. The van der Waals surface area contributed by atoms with E-state index in [1.54, 1.807) is 13.2 Å². The Morgan fingerprint density at radius 1 is 1.23 bits per heavy atom. The van der Waals surface area contributed by atoms with Gasteiger partial charge in [-0.25, -0.2) is 14.4 Å². The third kappa shape index (κ3) is 3.58. The molecule has 0 radical (unpaired) electrons. The smallest absolute Gasteiger partial charge is 0.232 e. The number of fused-ring (bicyclic) bond motifs is 1. The van der Waals surface area contributed by atoms with Crippen molar-refractivity contribution in [3.63, 3.8) is 0 Å². The lowest BCUT2D eigenvalue weighted by Gasteiger charge is -2.08. The third-order valence-corrected chi connectivity index (χ3v) is 4.00. The standard InChI is InChI=1S/C18H14ClFN2O4/c1-25-6-7-26-15-9-21-12-4-2-10(8-13(12)22-15)18(24)16-11(20)3-5-14(23)17(16)19/h2-5,8-9,23H,6-7H2,1H3. The summed E-state index contributed by atoms with van der Waals surface area (Å²) in [6.07, 6.45) is 1.46. The van der Waals surface area contributed by atoms with Crippen LogP contribution in [0.2, 0.25) is 5.02 Å². The minimum atomic E-state index is -0.819. The Balaban J connectivity index is 1.97. The summed E-state index contributed by atoms with van der Waals surface area (Å²) in [5.41, 5.74) is 0.712. The highest BCUT2D eigenvalue weighted by Crippen LogP contribution is 2.31. The van der Waals surface area contributed by atoms with Crippen LogP contribution < -0.4 is 4.74 Å². The Labute approximate surface area is 153 Å². The van der Waals surface area contributed by atoms with Gasteiger partial charge in [0, 0.05) is 12.7 Å². The maximum atomic E-state index is 14.0. The summed E-state index contributed by atoms with van der Waals surface area (Å²) in [5.74, 6) is -1.58. The Morgan fingerprint density at radius 3 is 2.81 bits per heavy atom. The van der Waals surface area contributed by atoms with E-state index in [1.165, 1.54) is 18.3 Å². The van der Waals surface area contributed by atoms with Gasteiger partial charge >= 0.3 is 0 Å². The summed E-state index contributed by atoms with van der Waals surface area (Å²) in [6.45, 7) is 0.701. The molecule has 0 aliphatic rings. The van der Waals surface area contributed by atoms with Crippen molar-refractivity contribution < 1.29 is 23.8 Å². The van der Waals surface area contributed by atoms with Gasteiger partial charge in [-0.05, 0) is 30.3 Å². The molecule has 0 bridgehead atoms. The maximum Gasteiger partial charge on any atom is 0.232 e. The van der Waals surface area contributed by atoms with Crippen molar-refractivity contribution in [3.05, 3.63) is 58.5 Å². The minimum absolute atomic E-state index is 0.159. The first kappa shape index (κ1) is 18.0. The van der Waals surface area contributed by atoms with Gasteiger partial charge in [0.05, 0.1) is 34.4 Å². The zero-order chi connectivity index (χ0) is 18.7. The second-order valence-electron chi connectivity index (χ2n) is 5.34. The summed E-state index contributed by atoms with van der Waals surface area (Å²) in [4.78, 5) is 21.1. The van der Waals surface area contributed by atoms with E-state index < -0.39 is 17.2 Å². The quantitative estimate of drug-likeness (QED) is 0.524. The van der Waals surface area contributed by atoms with Crippen LogP contribution in [0.25, 0.3) is 11.0 Å². The zero-order valence-electron chi connectivity index (χ0n) is 13.7. The van der Waals surface area contributed by atoms with Gasteiger partial charge in [0.15, 0.2) is 5.78 Å². The summed E-state index contributed by atoms with van der Waals surface area (Å²) in [6, 6.07) is 6.61. The third-order valence-electron chi connectivity index (χ3n) is 3.62. The Morgan fingerprint density at radius 2 is 2.04 bits per heavy atom. The van der Waals surface area contributed by atoms with Gasteiger partial charge in [-0.2, -0.15) is 0 Å². The van der Waals surface area contributed by atoms with Crippen molar-refractivity contribution in [2.75, 3.05) is 20.3 Å². The molecule has 3 aromatic rings. The van der Waals surface area contributed by atoms with E-state index in [0.29, 0.717) is 24.2 Å². The van der Waals surface area contributed by atoms with Gasteiger partial charge in [0.2, 0.25) is 5.88 Å². The number of carbonyl (C=O) groups excluding carboxylic acids is 1. The van der Waals surface area contributed by atoms with Crippen LogP contribution in [0.15, 0.2) is 36.5 Å². The summed E-state index contributed by atoms with van der Waals surface area (Å²) >= 11 is 5.89. The highest BCUT2D eigenvalue weighted by molar-refractivity contribution is 6.36. The predicted octanol–water partition coefficient (Wildman–Crippen LogP) is 3.38. The Kier molecular flexibility index (Phi) is 5.29. The van der Waals surface area contributed by atoms with Crippen LogP contribution in [-0.4, -0.2) is 41.2 Å². The molecule has 0 amide bonds. The van der Waals surface area contributed by atoms with Gasteiger partial charge in [0.1, 0.15) is 18.2 Å². The molecule has 3 rings (SSSR count). The lowest BCUT2D eigenvalue weighted by atomic mass is 10.0. The molecule has 0 unspecified atom stereocenters. The fourth-order valence-electron chi connectivity index (χ4n) is 2.33. The van der Waals surface area contributed by atoms with E-state index >= 15 is 0 Å². The molecular weight excluding hydrogens is 363 g/mol. The number of aromatic hydroxyl groups is 1. The van der Waals surface area contributed by atoms with E-state index in [-0.39, 0.29) is 22.2 Å². The van der Waals surface area contributed by atoms with Gasteiger partial charge in [-0.3, -0.25) is 4.79 Å². The molecule has 8 heteroatoms. The molecule has 1 aromatic heterocycles. The largest absolute Gasteiger partial charge is 0.506 e. The van der Waals surface area contributed by atoms with E-state index in [4.69, 9.17) is 21.1 Å². The van der Waals surface area contributed by atoms with Gasteiger partial charge in [0.25, 0.3) is 0 Å². The molecule has 0 saturated carbocycles. The molecule has 0 aliphatic heterocycles. The van der Waals surface area contributed by atoms with Crippen LogP contribution in [0.1, 0.15) is 15.9 Å². The van der Waals surface area contributed by atoms with Crippen LogP contribution in [0, 0.1) is 5.82 Å². The van der Waals surface area contributed by atoms with Crippen molar-refractivity contribution >= 4 is 28.4 Å². The van der Waals surface area contributed by atoms with Crippen molar-refractivity contribution in [2.45, 2.75) is 0 Å². The molecule has 0 aliphatic carbocycles. The van der Waals surface area contributed by atoms with Crippen LogP contribution >= 0.6 is 11.6 Å².